The van der Waals surface area contributed by atoms with Crippen molar-refractivity contribution in [1.29, 1.82) is 0 Å². The van der Waals surface area contributed by atoms with Gasteiger partial charge in [-0.2, -0.15) is 0 Å². The van der Waals surface area contributed by atoms with Gasteiger partial charge in [-0.05, 0) is 26.2 Å². The van der Waals surface area contributed by atoms with Crippen molar-refractivity contribution in [2.45, 2.75) is 46.5 Å². The van der Waals surface area contributed by atoms with Crippen LogP contribution in [0.3, 0.4) is 0 Å². The molecule has 0 rings (SSSR count). The predicted octanol–water partition coefficient (Wildman–Crippen LogP) is 4.09. The van der Waals surface area contributed by atoms with Gasteiger partial charge < -0.3 is 0 Å². The third-order valence-electron chi connectivity index (χ3n) is 1.67. The van der Waals surface area contributed by atoms with Crippen LogP contribution in [0.1, 0.15) is 46.5 Å². The smallest absolute Gasteiger partial charge is 0.0282 e. The van der Waals surface area contributed by atoms with Gasteiger partial charge >= 0.3 is 0 Å². The monoisotopic (exact) mass is 152 g/mol. The zero-order valence-electron chi connectivity index (χ0n) is 8.06. The minimum Gasteiger partial charge on any atom is -0.0874 e. The first-order chi connectivity index (χ1) is 5.35. The quantitative estimate of drug-likeness (QED) is 0.520. The Hall–Kier alpha value is -0.520. The van der Waals surface area contributed by atoms with Crippen LogP contribution < -0.4 is 0 Å². The number of hydrogen-bond acceptors (Lipinski definition) is 0. The van der Waals surface area contributed by atoms with Crippen molar-refractivity contribution >= 4 is 0 Å². The lowest BCUT2D eigenvalue weighted by molar-refractivity contribution is 0.795. The summed E-state index contributed by atoms with van der Waals surface area (Å²) in [5.41, 5.74) is 1.50. The van der Waals surface area contributed by atoms with Gasteiger partial charge in [-0.1, -0.05) is 44.1 Å². The highest BCUT2D eigenvalue weighted by Crippen LogP contribution is 2.09. The van der Waals surface area contributed by atoms with E-state index < -0.39 is 0 Å². The minimum absolute atomic E-state index is 1.16. The van der Waals surface area contributed by atoms with Crippen LogP contribution in [0.15, 0.2) is 23.8 Å². The fourth-order valence-corrected chi connectivity index (χ4v) is 1.11. The van der Waals surface area contributed by atoms with E-state index in [4.69, 9.17) is 0 Å². The van der Waals surface area contributed by atoms with Crippen LogP contribution in [-0.4, -0.2) is 0 Å². The fourth-order valence-electron chi connectivity index (χ4n) is 1.11. The molecule has 0 N–H and O–H groups in total. The summed E-state index contributed by atoms with van der Waals surface area (Å²) in [5.74, 6) is 0. The number of allylic oxidation sites excluding steroid dienone is 4. The molecule has 0 unspecified atom stereocenters. The van der Waals surface area contributed by atoms with Crippen molar-refractivity contribution in [1.82, 2.24) is 0 Å². The highest BCUT2D eigenvalue weighted by atomic mass is 14.0. The van der Waals surface area contributed by atoms with E-state index in [1.54, 1.807) is 0 Å². The van der Waals surface area contributed by atoms with E-state index >= 15 is 0 Å². The molecule has 0 heterocycles. The molecule has 0 amide bonds. The summed E-state index contributed by atoms with van der Waals surface area (Å²) in [6.45, 7) is 6.50. The molecular weight excluding hydrogens is 132 g/mol. The van der Waals surface area contributed by atoms with Gasteiger partial charge in [-0.15, -0.1) is 0 Å². The Bertz CT molecular complexity index is 129. The lowest BCUT2D eigenvalue weighted by Crippen LogP contribution is -1.78. The van der Waals surface area contributed by atoms with Crippen molar-refractivity contribution in [3.8, 4) is 0 Å². The zero-order valence-corrected chi connectivity index (χ0v) is 8.06. The van der Waals surface area contributed by atoms with Crippen molar-refractivity contribution in [2.24, 2.45) is 0 Å². The molecule has 0 bridgehead atoms. The Kier molecular flexibility index (Phi) is 7.23. The number of hydrogen-bond donors (Lipinski definition) is 0. The van der Waals surface area contributed by atoms with E-state index in [1.807, 2.05) is 0 Å². The normalized spacial score (nSPS) is 12.8. The molecule has 64 valence electrons. The summed E-state index contributed by atoms with van der Waals surface area (Å²) >= 11 is 0. The summed E-state index contributed by atoms with van der Waals surface area (Å²) in [7, 11) is 0. The van der Waals surface area contributed by atoms with Crippen molar-refractivity contribution < 1.29 is 0 Å². The Morgan fingerprint density at radius 1 is 1.27 bits per heavy atom. The lowest BCUT2D eigenvalue weighted by atomic mass is 10.1. The van der Waals surface area contributed by atoms with Crippen molar-refractivity contribution in [2.75, 3.05) is 0 Å². The molecule has 0 radical (unpaired) electrons. The van der Waals surface area contributed by atoms with Crippen molar-refractivity contribution in [3.63, 3.8) is 0 Å². The van der Waals surface area contributed by atoms with Crippen LogP contribution in [0.5, 0.6) is 0 Å². The second kappa shape index (κ2) is 7.59. The summed E-state index contributed by atoms with van der Waals surface area (Å²) in [5, 5.41) is 0. The van der Waals surface area contributed by atoms with E-state index in [0.717, 1.165) is 6.42 Å². The second-order valence-electron chi connectivity index (χ2n) is 2.79. The number of unbranched alkanes of at least 4 members (excludes halogenated alkanes) is 1. The molecule has 0 atom stereocenters. The molecule has 11 heavy (non-hydrogen) atoms. The van der Waals surface area contributed by atoms with Crippen LogP contribution >= 0.6 is 0 Å². The Labute approximate surface area is 71.0 Å². The first kappa shape index (κ1) is 10.5. The molecule has 0 saturated carbocycles. The van der Waals surface area contributed by atoms with Gasteiger partial charge in [0.05, 0.1) is 0 Å². The Morgan fingerprint density at radius 2 is 2.00 bits per heavy atom. The second-order valence-corrected chi connectivity index (χ2v) is 2.79. The standard InChI is InChI=1S/C11H20/c1-4-7-10-11(8-5-2)9-6-3/h5,8-9H,4,6-7,10H2,1-3H3. The van der Waals surface area contributed by atoms with Crippen LogP contribution in [-0.2, 0) is 0 Å². The van der Waals surface area contributed by atoms with Gasteiger partial charge in [-0.3, -0.25) is 0 Å². The summed E-state index contributed by atoms with van der Waals surface area (Å²) in [6, 6.07) is 0. The molecule has 0 aliphatic heterocycles. The molecule has 0 spiro atoms. The van der Waals surface area contributed by atoms with Crippen LogP contribution in [0.25, 0.3) is 0 Å². The molecule has 0 aromatic carbocycles. The first-order valence-corrected chi connectivity index (χ1v) is 4.66. The maximum atomic E-state index is 2.32. The highest BCUT2D eigenvalue weighted by Gasteiger charge is 1.89. The Balaban J connectivity index is 3.79. The third kappa shape index (κ3) is 5.90. The van der Waals surface area contributed by atoms with E-state index in [9.17, 15) is 0 Å². The maximum Gasteiger partial charge on any atom is -0.0282 e. The van der Waals surface area contributed by atoms with Gasteiger partial charge in [0.25, 0.3) is 0 Å². The Morgan fingerprint density at radius 3 is 2.45 bits per heavy atom. The summed E-state index contributed by atoms with van der Waals surface area (Å²) in [6.07, 6.45) is 11.7. The predicted molar refractivity (Wildman–Crippen MR) is 52.7 cm³/mol. The van der Waals surface area contributed by atoms with Crippen LogP contribution in [0.4, 0.5) is 0 Å². The minimum atomic E-state index is 1.16. The molecule has 0 aliphatic rings. The largest absolute Gasteiger partial charge is 0.0874 e. The van der Waals surface area contributed by atoms with Gasteiger partial charge in [0.2, 0.25) is 0 Å². The van der Waals surface area contributed by atoms with E-state index in [0.29, 0.717) is 0 Å². The highest BCUT2D eigenvalue weighted by molar-refractivity contribution is 5.17. The van der Waals surface area contributed by atoms with Gasteiger partial charge in [-0.25, -0.2) is 0 Å². The molecule has 0 aliphatic carbocycles. The molecule has 0 nitrogen and oxygen atoms in total. The van der Waals surface area contributed by atoms with Crippen molar-refractivity contribution in [3.05, 3.63) is 23.8 Å². The van der Waals surface area contributed by atoms with Gasteiger partial charge in [0.1, 0.15) is 0 Å². The fraction of sp³-hybridized carbons (Fsp3) is 0.636. The molecule has 0 aromatic heterocycles. The first-order valence-electron chi connectivity index (χ1n) is 4.66. The van der Waals surface area contributed by atoms with E-state index in [2.05, 4.69) is 39.0 Å². The summed E-state index contributed by atoms with van der Waals surface area (Å²) in [4.78, 5) is 0. The lowest BCUT2D eigenvalue weighted by Gasteiger charge is -1.98. The third-order valence-corrected chi connectivity index (χ3v) is 1.67. The zero-order chi connectivity index (χ0) is 8.53. The van der Waals surface area contributed by atoms with E-state index in [-0.39, 0.29) is 0 Å². The number of rotatable bonds is 5. The van der Waals surface area contributed by atoms with Gasteiger partial charge in [0, 0.05) is 0 Å². The van der Waals surface area contributed by atoms with E-state index in [1.165, 1.54) is 24.8 Å². The average Bonchev–Trinajstić information content (AvgIpc) is 2.01. The molecule has 0 saturated heterocycles. The molecule has 0 aromatic rings. The maximum absolute atomic E-state index is 2.32. The summed E-state index contributed by atoms with van der Waals surface area (Å²) < 4.78 is 0. The van der Waals surface area contributed by atoms with Crippen LogP contribution in [0, 0.1) is 0 Å². The molecule has 0 heteroatoms. The SMILES string of the molecule is CC=CC(=CCC)CCCC. The van der Waals surface area contributed by atoms with Gasteiger partial charge in [0.15, 0.2) is 0 Å². The average molecular weight is 152 g/mol. The van der Waals surface area contributed by atoms with Crippen LogP contribution in [0.2, 0.25) is 0 Å². The molecule has 0 fully saturated rings. The topological polar surface area (TPSA) is 0 Å². The molecular formula is C11H20.